The van der Waals surface area contributed by atoms with Crippen LogP contribution in [0.5, 0.6) is 0 Å². The molecule has 0 bridgehead atoms. The fourth-order valence-corrected chi connectivity index (χ4v) is 2.08. The first kappa shape index (κ1) is 8.74. The number of nitrogens with zero attached hydrogens (tertiary/aromatic N) is 6. The summed E-state index contributed by atoms with van der Waals surface area (Å²) in [6, 6.07) is 0. The SMILES string of the molecule is [O-][N+]12C=CC=C3N=NN4C=CC=C(N=N1)C4=C32. The molecule has 0 N–H and O–H groups in total. The lowest BCUT2D eigenvalue weighted by Gasteiger charge is -2.39. The van der Waals surface area contributed by atoms with E-state index in [0.29, 0.717) is 22.8 Å². The second-order valence-electron chi connectivity index (χ2n) is 3.83. The lowest BCUT2D eigenvalue weighted by Crippen LogP contribution is -2.38. The zero-order valence-electron chi connectivity index (χ0n) is 8.56. The van der Waals surface area contributed by atoms with E-state index in [1.54, 1.807) is 35.5 Å². The first-order valence-corrected chi connectivity index (χ1v) is 5.05. The second-order valence-corrected chi connectivity index (χ2v) is 3.83. The van der Waals surface area contributed by atoms with Crippen molar-refractivity contribution in [2.45, 2.75) is 0 Å². The normalized spacial score (nSPS) is 31.5. The molecule has 4 aliphatic rings. The van der Waals surface area contributed by atoms with Crippen LogP contribution in [-0.4, -0.2) is 9.76 Å². The Kier molecular flexibility index (Phi) is 1.36. The van der Waals surface area contributed by atoms with E-state index in [2.05, 4.69) is 20.7 Å². The lowest BCUT2D eigenvalue weighted by molar-refractivity contribution is -0.802. The minimum Gasteiger partial charge on any atom is -0.593 e. The number of rotatable bonds is 0. The van der Waals surface area contributed by atoms with Crippen LogP contribution < -0.4 is 0 Å². The Morgan fingerprint density at radius 3 is 2.94 bits per heavy atom. The predicted molar refractivity (Wildman–Crippen MR) is 56.7 cm³/mol. The third kappa shape index (κ3) is 0.967. The Morgan fingerprint density at radius 1 is 1.12 bits per heavy atom. The smallest absolute Gasteiger partial charge is 0.221 e. The molecule has 7 heteroatoms. The fourth-order valence-electron chi connectivity index (χ4n) is 2.08. The highest BCUT2D eigenvalue weighted by molar-refractivity contribution is 5.47. The van der Waals surface area contributed by atoms with Crippen molar-refractivity contribution in [1.82, 2.24) is 5.01 Å². The zero-order valence-corrected chi connectivity index (χ0v) is 8.56. The predicted octanol–water partition coefficient (Wildman–Crippen LogP) is 2.40. The molecule has 0 saturated heterocycles. The Bertz CT molecular complexity index is 635. The molecule has 1 atom stereocenters. The molecule has 0 spiro atoms. The Balaban J connectivity index is 2.07. The van der Waals surface area contributed by atoms with Crippen molar-refractivity contribution >= 4 is 0 Å². The first-order chi connectivity index (χ1) is 8.28. The Hall–Kier alpha value is -2.38. The van der Waals surface area contributed by atoms with Gasteiger partial charge in [-0.3, -0.25) is 0 Å². The maximum atomic E-state index is 12.5. The van der Waals surface area contributed by atoms with Crippen molar-refractivity contribution in [3.63, 3.8) is 0 Å². The summed E-state index contributed by atoms with van der Waals surface area (Å²) in [6.45, 7) is 0. The molecule has 0 aromatic heterocycles. The summed E-state index contributed by atoms with van der Waals surface area (Å²) in [5.41, 5.74) is 2.29. The van der Waals surface area contributed by atoms with Crippen LogP contribution in [0, 0.1) is 5.21 Å². The molecule has 17 heavy (non-hydrogen) atoms. The number of hydroxylamine groups is 2. The largest absolute Gasteiger partial charge is 0.593 e. The van der Waals surface area contributed by atoms with Crippen LogP contribution in [0.4, 0.5) is 0 Å². The first-order valence-electron chi connectivity index (χ1n) is 5.05. The van der Waals surface area contributed by atoms with Crippen LogP contribution >= 0.6 is 0 Å². The molecule has 4 rings (SSSR count). The highest BCUT2D eigenvalue weighted by Gasteiger charge is 2.42. The van der Waals surface area contributed by atoms with Crippen LogP contribution in [0.3, 0.4) is 0 Å². The van der Waals surface area contributed by atoms with Gasteiger partial charge in [0.2, 0.25) is 5.70 Å². The average Bonchev–Trinajstić information content (AvgIpc) is 2.36. The molecule has 4 aliphatic heterocycles. The maximum Gasteiger partial charge on any atom is 0.221 e. The highest BCUT2D eigenvalue weighted by Crippen LogP contribution is 2.43. The molecule has 0 saturated carbocycles. The molecular weight excluding hydrogens is 220 g/mol. The van der Waals surface area contributed by atoms with Gasteiger partial charge in [-0.05, 0) is 24.3 Å². The van der Waals surface area contributed by atoms with Crippen LogP contribution in [0.25, 0.3) is 0 Å². The summed E-state index contributed by atoms with van der Waals surface area (Å²) in [5, 5.41) is 29.7. The van der Waals surface area contributed by atoms with Crippen molar-refractivity contribution in [3.05, 3.63) is 64.7 Å². The van der Waals surface area contributed by atoms with E-state index in [4.69, 9.17) is 0 Å². The third-order valence-corrected chi connectivity index (χ3v) is 2.82. The van der Waals surface area contributed by atoms with E-state index in [0.717, 1.165) is 0 Å². The van der Waals surface area contributed by atoms with Crippen molar-refractivity contribution in [2.75, 3.05) is 0 Å². The van der Waals surface area contributed by atoms with Crippen molar-refractivity contribution in [1.29, 1.82) is 0 Å². The van der Waals surface area contributed by atoms with Crippen LogP contribution in [0.2, 0.25) is 0 Å². The highest BCUT2D eigenvalue weighted by atomic mass is 16.6. The topological polar surface area (TPSA) is 75.7 Å². The molecule has 0 fully saturated rings. The minimum atomic E-state index is -0.956. The Morgan fingerprint density at radius 2 is 2.00 bits per heavy atom. The summed E-state index contributed by atoms with van der Waals surface area (Å²) >= 11 is 0. The molecule has 4 heterocycles. The molecule has 0 amide bonds. The van der Waals surface area contributed by atoms with E-state index in [1.807, 2.05) is 0 Å². The summed E-state index contributed by atoms with van der Waals surface area (Å²) in [4.78, 5) is 0. The third-order valence-electron chi connectivity index (χ3n) is 2.82. The monoisotopic (exact) mass is 226 g/mol. The van der Waals surface area contributed by atoms with E-state index < -0.39 is 4.76 Å². The van der Waals surface area contributed by atoms with E-state index in [1.165, 1.54) is 6.20 Å². The van der Waals surface area contributed by atoms with Crippen LogP contribution in [0.15, 0.2) is 80.2 Å². The number of quaternary nitrogens is 1. The van der Waals surface area contributed by atoms with Gasteiger partial charge in [-0.15, -0.1) is 9.87 Å². The van der Waals surface area contributed by atoms with Crippen LogP contribution in [0.1, 0.15) is 0 Å². The van der Waals surface area contributed by atoms with Gasteiger partial charge in [0, 0.05) is 11.4 Å². The van der Waals surface area contributed by atoms with Gasteiger partial charge in [0.15, 0.2) is 11.4 Å². The molecule has 0 radical (unpaired) electrons. The molecule has 0 aromatic rings. The summed E-state index contributed by atoms with van der Waals surface area (Å²) in [5.74, 6) is 0. The summed E-state index contributed by atoms with van der Waals surface area (Å²) < 4.78 is -0.956. The van der Waals surface area contributed by atoms with Crippen molar-refractivity contribution in [3.8, 4) is 0 Å². The van der Waals surface area contributed by atoms with Gasteiger partial charge >= 0.3 is 0 Å². The molecule has 1 unspecified atom stereocenters. The minimum absolute atomic E-state index is 0.466. The van der Waals surface area contributed by atoms with E-state index >= 15 is 0 Å². The van der Waals surface area contributed by atoms with Crippen molar-refractivity contribution < 1.29 is 4.76 Å². The fraction of sp³-hybridized carbons (Fsp3) is 0. The van der Waals surface area contributed by atoms with Gasteiger partial charge in [-0.2, -0.15) is 0 Å². The zero-order chi connectivity index (χ0) is 11.5. The van der Waals surface area contributed by atoms with E-state index in [9.17, 15) is 5.21 Å². The molecular formula is C10H6N6O. The van der Waals surface area contributed by atoms with Gasteiger partial charge in [0.05, 0.1) is 0 Å². The molecule has 0 aliphatic carbocycles. The standard InChI is InChI=1S/C10H6N6O/c17-16-6-2-4-8-10(16)9-7(12-14-16)3-1-5-15(9)13-11-8/h1-6H. The van der Waals surface area contributed by atoms with Crippen molar-refractivity contribution in [2.24, 2.45) is 20.7 Å². The second kappa shape index (κ2) is 2.65. The lowest BCUT2D eigenvalue weighted by atomic mass is 10.1. The quantitative estimate of drug-likeness (QED) is 0.469. The average molecular weight is 226 g/mol. The number of hydrogen-bond acceptors (Lipinski definition) is 6. The van der Waals surface area contributed by atoms with Gasteiger partial charge < -0.3 is 5.21 Å². The summed E-state index contributed by atoms with van der Waals surface area (Å²) in [6.07, 6.45) is 10.1. The van der Waals surface area contributed by atoms with Gasteiger partial charge in [-0.25, -0.2) is 5.01 Å². The number of allylic oxidation sites excluding steroid dienone is 4. The molecule has 0 aromatic carbocycles. The molecule has 7 nitrogen and oxygen atoms in total. The maximum absolute atomic E-state index is 12.5. The Labute approximate surface area is 95.9 Å². The van der Waals surface area contributed by atoms with Gasteiger partial charge in [0.25, 0.3) is 0 Å². The number of hydrogen-bond donors (Lipinski definition) is 0. The van der Waals surface area contributed by atoms with Gasteiger partial charge in [0.1, 0.15) is 11.9 Å². The summed E-state index contributed by atoms with van der Waals surface area (Å²) in [7, 11) is 0. The van der Waals surface area contributed by atoms with E-state index in [-0.39, 0.29) is 0 Å². The van der Waals surface area contributed by atoms with Gasteiger partial charge in [-0.1, -0.05) is 10.3 Å². The molecule has 82 valence electrons. The van der Waals surface area contributed by atoms with Crippen LogP contribution in [-0.2, 0) is 0 Å².